The number of hydrogen-bond acceptors (Lipinski definition) is 12. The van der Waals surface area contributed by atoms with E-state index < -0.39 is 66.9 Å². The number of hydroxylamine groups is 1. The standard InChI is InChI=1S/C27H47N5O11.10CH4/c1-16(2)10-19(30-23(35)12-18(5)33)26(38)41-15-42-27(39)20(11-17(3)4)31-24(36)13-22(34)29-14-21(28-6)25(37)32-43-9-8-40-7;;;;;;;;;;/h16-17,19-21,28H,8-15H2,1-7H3,(H,29,34)(H,30,35)(H,31,36)(H,32,37);10*1H4. The molecule has 3 atom stereocenters. The molecule has 0 saturated heterocycles. The van der Waals surface area contributed by atoms with Gasteiger partial charge in [0.25, 0.3) is 5.91 Å². The molecule has 0 aromatic heterocycles. The monoisotopic (exact) mass is 778 g/mol. The molecule has 0 aliphatic carbocycles. The number of methoxy groups -OCH3 is 1. The van der Waals surface area contributed by atoms with Gasteiger partial charge in [0.15, 0.2) is 0 Å². The molecule has 16 heteroatoms. The third-order valence-corrected chi connectivity index (χ3v) is 5.52. The van der Waals surface area contributed by atoms with E-state index >= 15 is 0 Å². The van der Waals surface area contributed by atoms with Gasteiger partial charge in [0.1, 0.15) is 30.3 Å². The van der Waals surface area contributed by atoms with Gasteiger partial charge in [-0.3, -0.25) is 28.8 Å². The topological polar surface area (TPSA) is 217 Å². The number of esters is 2. The van der Waals surface area contributed by atoms with E-state index in [0.29, 0.717) is 0 Å². The van der Waals surface area contributed by atoms with E-state index in [0.717, 1.165) is 0 Å². The molecule has 0 saturated carbocycles. The third-order valence-electron chi connectivity index (χ3n) is 5.52. The summed E-state index contributed by atoms with van der Waals surface area (Å²) in [5.41, 5.74) is 2.22. The fourth-order valence-electron chi connectivity index (χ4n) is 3.50. The molecule has 0 aromatic carbocycles. The van der Waals surface area contributed by atoms with Gasteiger partial charge in [-0.2, -0.15) is 0 Å². The van der Waals surface area contributed by atoms with E-state index in [1.807, 2.05) is 13.8 Å². The number of rotatable bonds is 22. The van der Waals surface area contributed by atoms with Crippen LogP contribution in [-0.2, 0) is 52.6 Å². The number of nitrogens with one attached hydrogen (secondary N) is 5. The van der Waals surface area contributed by atoms with Crippen LogP contribution in [0.2, 0.25) is 0 Å². The van der Waals surface area contributed by atoms with Gasteiger partial charge in [-0.15, -0.1) is 0 Å². The summed E-state index contributed by atoms with van der Waals surface area (Å²) in [5, 5.41) is 10.1. The van der Waals surface area contributed by atoms with Crippen molar-refractivity contribution in [3.8, 4) is 0 Å². The molecule has 0 bridgehead atoms. The Hall–Kier alpha value is -3.63. The Kier molecular flexibility index (Phi) is 65.9. The lowest BCUT2D eigenvalue weighted by Gasteiger charge is -2.21. The number of Topliss-reactive ketones (excluding diaryl/α,β-unsaturated/α-hetero) is 1. The van der Waals surface area contributed by atoms with Crippen LogP contribution >= 0.6 is 0 Å². The van der Waals surface area contributed by atoms with Gasteiger partial charge in [-0.25, -0.2) is 15.1 Å². The molecule has 5 N–H and O–H groups in total. The molecule has 0 radical (unpaired) electrons. The van der Waals surface area contributed by atoms with Gasteiger partial charge >= 0.3 is 11.9 Å². The Morgan fingerprint density at radius 1 is 0.585 bits per heavy atom. The first-order chi connectivity index (χ1) is 20.2. The zero-order valence-electron chi connectivity index (χ0n) is 26.0. The molecule has 0 aromatic rings. The Morgan fingerprint density at radius 3 is 1.36 bits per heavy atom. The van der Waals surface area contributed by atoms with Crippen LogP contribution in [0, 0.1) is 11.8 Å². The number of hydrogen-bond donors (Lipinski definition) is 5. The minimum atomic E-state index is -1.14. The molecule has 0 aliphatic rings. The highest BCUT2D eigenvalue weighted by atomic mass is 16.7. The number of carbonyl (C=O) groups excluding carboxylic acids is 7. The minimum Gasteiger partial charge on any atom is -0.426 e. The zero-order valence-corrected chi connectivity index (χ0v) is 26.0. The molecule has 0 fully saturated rings. The smallest absolute Gasteiger partial charge is 0.331 e. The number of likely N-dealkylation sites (N-methyl/N-ethyl adjacent to an activating group) is 1. The van der Waals surface area contributed by atoms with Crippen LogP contribution in [0.5, 0.6) is 0 Å². The van der Waals surface area contributed by atoms with Crippen molar-refractivity contribution in [3.05, 3.63) is 0 Å². The first-order valence-electron chi connectivity index (χ1n) is 14.0. The molecule has 326 valence electrons. The third kappa shape index (κ3) is 39.4. The number of carbonyl (C=O) groups is 7. The van der Waals surface area contributed by atoms with Gasteiger partial charge < -0.3 is 35.5 Å². The Morgan fingerprint density at radius 2 is 1.00 bits per heavy atom. The maximum absolute atomic E-state index is 12.7. The lowest BCUT2D eigenvalue weighted by atomic mass is 10.0. The van der Waals surface area contributed by atoms with Crippen LogP contribution in [0.25, 0.3) is 0 Å². The largest absolute Gasteiger partial charge is 0.426 e. The predicted octanol–water partition coefficient (Wildman–Crippen LogP) is 5.22. The summed E-state index contributed by atoms with van der Waals surface area (Å²) in [6, 6.07) is -3.03. The first-order valence-corrected chi connectivity index (χ1v) is 14.0. The quantitative estimate of drug-likeness (QED) is 0.0314. The van der Waals surface area contributed by atoms with Crippen LogP contribution in [0.3, 0.4) is 0 Å². The van der Waals surface area contributed by atoms with E-state index in [9.17, 15) is 33.6 Å². The molecule has 0 rings (SSSR count). The maximum atomic E-state index is 12.7. The van der Waals surface area contributed by atoms with Gasteiger partial charge in [0.2, 0.25) is 24.5 Å². The van der Waals surface area contributed by atoms with E-state index in [1.165, 1.54) is 21.1 Å². The highest BCUT2D eigenvalue weighted by Gasteiger charge is 2.27. The lowest BCUT2D eigenvalue weighted by Crippen LogP contribution is -2.50. The van der Waals surface area contributed by atoms with Gasteiger partial charge in [0.05, 0.1) is 19.6 Å². The summed E-state index contributed by atoms with van der Waals surface area (Å²) < 4.78 is 14.9. The number of amides is 4. The highest BCUT2D eigenvalue weighted by Crippen LogP contribution is 2.09. The number of ketones is 1. The fourth-order valence-corrected chi connectivity index (χ4v) is 3.50. The van der Waals surface area contributed by atoms with Crippen LogP contribution in [0.1, 0.15) is 135 Å². The summed E-state index contributed by atoms with van der Waals surface area (Å²) >= 11 is 0. The predicted molar refractivity (Wildman–Crippen MR) is 219 cm³/mol. The lowest BCUT2D eigenvalue weighted by molar-refractivity contribution is -0.171. The van der Waals surface area contributed by atoms with E-state index in [4.69, 9.17) is 19.0 Å². The van der Waals surface area contributed by atoms with E-state index in [-0.39, 0.29) is 131 Å². The second-order valence-electron chi connectivity index (χ2n) is 10.6. The van der Waals surface area contributed by atoms with Crippen molar-refractivity contribution in [2.45, 2.75) is 153 Å². The molecular weight excluding hydrogens is 690 g/mol. The molecule has 4 amide bonds. The minimum absolute atomic E-state index is 0. The molecular formula is C37H87N5O11. The first kappa shape index (κ1) is 78.5. The van der Waals surface area contributed by atoms with Crippen molar-refractivity contribution in [3.63, 3.8) is 0 Å². The second kappa shape index (κ2) is 44.5. The van der Waals surface area contributed by atoms with Crippen LogP contribution in [0.4, 0.5) is 0 Å². The summed E-state index contributed by atoms with van der Waals surface area (Å²) in [6.45, 7) is 8.00. The van der Waals surface area contributed by atoms with E-state index in [1.54, 1.807) is 13.8 Å². The average molecular weight is 778 g/mol. The molecule has 0 aliphatic heterocycles. The van der Waals surface area contributed by atoms with Crippen LogP contribution in [0.15, 0.2) is 0 Å². The summed E-state index contributed by atoms with van der Waals surface area (Å²) in [4.78, 5) is 90.2. The maximum Gasteiger partial charge on any atom is 0.331 e. The normalized spacial score (nSPS) is 10.5. The number of ether oxygens (including phenoxy) is 3. The van der Waals surface area contributed by atoms with Crippen molar-refractivity contribution >= 4 is 41.4 Å². The van der Waals surface area contributed by atoms with Gasteiger partial charge in [0, 0.05) is 13.7 Å². The van der Waals surface area contributed by atoms with Crippen molar-refractivity contribution < 1.29 is 52.6 Å². The van der Waals surface area contributed by atoms with E-state index in [2.05, 4.69) is 26.7 Å². The summed E-state index contributed by atoms with van der Waals surface area (Å²) in [7, 11) is 2.99. The van der Waals surface area contributed by atoms with Gasteiger partial charge in [-0.05, 0) is 38.6 Å². The Balaban J connectivity index is -0.000000196. The average Bonchev–Trinajstić information content (AvgIpc) is 2.89. The Bertz CT molecular complexity index is 948. The SMILES string of the molecule is C.C.C.C.C.C.C.C.C.C.CNC(CNC(=O)CC(=O)NC(CC(C)C)C(=O)OCOC(=O)C(CC(C)C)NC(=O)CC(C)=O)C(=O)NOCCOC. The Labute approximate surface area is 325 Å². The molecule has 0 heterocycles. The van der Waals surface area contributed by atoms with Crippen molar-refractivity contribution in [2.75, 3.05) is 40.7 Å². The van der Waals surface area contributed by atoms with Crippen molar-refractivity contribution in [1.82, 2.24) is 26.7 Å². The molecule has 16 nitrogen and oxygen atoms in total. The van der Waals surface area contributed by atoms with Crippen molar-refractivity contribution in [1.29, 1.82) is 0 Å². The summed E-state index contributed by atoms with van der Waals surface area (Å²) in [6.07, 6.45) is -0.619. The second-order valence-corrected chi connectivity index (χ2v) is 10.6. The van der Waals surface area contributed by atoms with Crippen LogP contribution in [-0.4, -0.2) is 100 Å². The van der Waals surface area contributed by atoms with Crippen molar-refractivity contribution in [2.24, 2.45) is 11.8 Å². The van der Waals surface area contributed by atoms with Crippen LogP contribution < -0.4 is 26.7 Å². The molecule has 3 unspecified atom stereocenters. The summed E-state index contributed by atoms with van der Waals surface area (Å²) in [5.74, 6) is -4.80. The zero-order chi connectivity index (χ0) is 32.9. The molecule has 53 heavy (non-hydrogen) atoms. The highest BCUT2D eigenvalue weighted by molar-refractivity contribution is 5.99. The fraction of sp³-hybridized carbons (Fsp3) is 0.811. The molecule has 0 spiro atoms. The van der Waals surface area contributed by atoms with Gasteiger partial charge in [-0.1, -0.05) is 102 Å².